The highest BCUT2D eigenvalue weighted by molar-refractivity contribution is 5.94. The van der Waals surface area contributed by atoms with Crippen LogP contribution in [0, 0.1) is 17.7 Å². The summed E-state index contributed by atoms with van der Waals surface area (Å²) >= 11 is 0. The number of aromatic nitrogens is 2. The van der Waals surface area contributed by atoms with Crippen LogP contribution in [0.1, 0.15) is 40.4 Å². The van der Waals surface area contributed by atoms with Crippen LogP contribution in [-0.4, -0.2) is 33.7 Å². The summed E-state index contributed by atoms with van der Waals surface area (Å²) in [5, 5.41) is 5.00. The minimum absolute atomic E-state index is 0.111. The normalized spacial score (nSPS) is 22.2. The lowest BCUT2D eigenvalue weighted by molar-refractivity contribution is 0.0785. The molecular formula is C25H24FN3O. The first kappa shape index (κ1) is 17.9. The molecule has 5 heteroatoms. The van der Waals surface area contributed by atoms with Gasteiger partial charge in [-0.1, -0.05) is 18.2 Å². The van der Waals surface area contributed by atoms with Gasteiger partial charge in [0.25, 0.3) is 5.91 Å². The van der Waals surface area contributed by atoms with Crippen LogP contribution < -0.4 is 0 Å². The molecule has 3 aliphatic rings. The van der Waals surface area contributed by atoms with Crippen molar-refractivity contribution in [3.05, 3.63) is 77.2 Å². The zero-order valence-electron chi connectivity index (χ0n) is 16.8. The van der Waals surface area contributed by atoms with Gasteiger partial charge >= 0.3 is 0 Å². The van der Waals surface area contributed by atoms with E-state index in [4.69, 9.17) is 5.10 Å². The van der Waals surface area contributed by atoms with Gasteiger partial charge in [-0.3, -0.25) is 9.48 Å². The summed E-state index contributed by atoms with van der Waals surface area (Å²) in [6.07, 6.45) is 3.45. The van der Waals surface area contributed by atoms with Crippen LogP contribution in [0.5, 0.6) is 0 Å². The fourth-order valence-electron chi connectivity index (χ4n) is 5.24. The highest BCUT2D eigenvalue weighted by Gasteiger charge is 2.45. The maximum absolute atomic E-state index is 13.6. The molecule has 0 spiro atoms. The molecule has 30 heavy (non-hydrogen) atoms. The van der Waals surface area contributed by atoms with Crippen LogP contribution in [0.2, 0.25) is 0 Å². The molecule has 0 unspecified atom stereocenters. The molecular weight excluding hydrogens is 377 g/mol. The van der Waals surface area contributed by atoms with E-state index in [1.807, 2.05) is 47.4 Å². The molecule has 6 rings (SSSR count). The SMILES string of the molecule is O=C(c1ccccc1)N1C[C@H]2Cc3nn(CC4CC4)c(-c4ccc(F)cc4)c3[C@H]2C1. The molecule has 0 N–H and O–H groups in total. The molecule has 1 saturated carbocycles. The Morgan fingerprint density at radius 2 is 1.80 bits per heavy atom. The van der Waals surface area contributed by atoms with Gasteiger partial charge < -0.3 is 4.90 Å². The van der Waals surface area contributed by atoms with Gasteiger partial charge in [0, 0.05) is 42.2 Å². The predicted octanol–water partition coefficient (Wildman–Crippen LogP) is 4.51. The molecule has 2 atom stereocenters. The maximum atomic E-state index is 13.6. The Morgan fingerprint density at radius 1 is 1.03 bits per heavy atom. The average molecular weight is 401 g/mol. The molecule has 1 amide bonds. The fraction of sp³-hybridized carbons (Fsp3) is 0.360. The number of hydrogen-bond donors (Lipinski definition) is 0. The molecule has 2 heterocycles. The van der Waals surface area contributed by atoms with E-state index in [1.54, 1.807) is 0 Å². The topological polar surface area (TPSA) is 38.1 Å². The highest BCUT2D eigenvalue weighted by atomic mass is 19.1. The third-order valence-corrected chi connectivity index (χ3v) is 6.89. The third kappa shape index (κ3) is 2.95. The minimum Gasteiger partial charge on any atom is -0.338 e. The van der Waals surface area contributed by atoms with Crippen molar-refractivity contribution in [2.24, 2.45) is 11.8 Å². The molecule has 2 aromatic carbocycles. The van der Waals surface area contributed by atoms with Crippen molar-refractivity contribution < 1.29 is 9.18 Å². The van der Waals surface area contributed by atoms with E-state index in [1.165, 1.54) is 36.2 Å². The lowest BCUT2D eigenvalue weighted by atomic mass is 9.93. The molecule has 2 aliphatic carbocycles. The Balaban J connectivity index is 1.35. The first-order chi connectivity index (χ1) is 14.7. The van der Waals surface area contributed by atoms with Gasteiger partial charge in [-0.25, -0.2) is 4.39 Å². The van der Waals surface area contributed by atoms with Gasteiger partial charge in [-0.15, -0.1) is 0 Å². The standard InChI is InChI=1S/C25H24FN3O/c26-20-10-8-17(9-11-20)24-23-21-15-28(25(30)18-4-2-1-3-5-18)14-19(21)12-22(23)27-29(24)13-16-6-7-16/h1-5,8-11,16,19,21H,6-7,12-15H2/t19-,21+/m1/s1. The van der Waals surface area contributed by atoms with Crippen LogP contribution in [-0.2, 0) is 13.0 Å². The number of rotatable bonds is 4. The Labute approximate surface area is 175 Å². The predicted molar refractivity (Wildman–Crippen MR) is 113 cm³/mol. The number of carbonyl (C=O) groups excluding carboxylic acids is 1. The molecule has 1 saturated heterocycles. The Kier molecular flexibility index (Phi) is 4.05. The number of hydrogen-bond acceptors (Lipinski definition) is 2. The van der Waals surface area contributed by atoms with Gasteiger partial charge in [0.05, 0.1) is 11.4 Å². The second-order valence-electron chi connectivity index (χ2n) is 8.99. The van der Waals surface area contributed by atoms with E-state index in [9.17, 15) is 9.18 Å². The van der Waals surface area contributed by atoms with Crippen molar-refractivity contribution in [3.63, 3.8) is 0 Å². The monoisotopic (exact) mass is 401 g/mol. The highest BCUT2D eigenvalue weighted by Crippen LogP contribution is 2.48. The van der Waals surface area contributed by atoms with Crippen LogP contribution in [0.15, 0.2) is 54.6 Å². The summed E-state index contributed by atoms with van der Waals surface area (Å²) < 4.78 is 15.7. The average Bonchev–Trinajstić information content (AvgIpc) is 3.25. The Hall–Kier alpha value is -2.95. The first-order valence-electron chi connectivity index (χ1n) is 10.9. The molecule has 3 aromatic rings. The molecule has 2 fully saturated rings. The molecule has 152 valence electrons. The lowest BCUT2D eigenvalue weighted by Crippen LogP contribution is -2.29. The van der Waals surface area contributed by atoms with E-state index >= 15 is 0 Å². The van der Waals surface area contributed by atoms with E-state index in [0.717, 1.165) is 42.9 Å². The number of likely N-dealkylation sites (tertiary alicyclic amines) is 1. The summed E-state index contributed by atoms with van der Waals surface area (Å²) in [5.74, 6) is 1.33. The fourth-order valence-corrected chi connectivity index (χ4v) is 5.24. The molecule has 4 nitrogen and oxygen atoms in total. The van der Waals surface area contributed by atoms with Crippen molar-refractivity contribution in [1.29, 1.82) is 0 Å². The van der Waals surface area contributed by atoms with Crippen molar-refractivity contribution >= 4 is 5.91 Å². The van der Waals surface area contributed by atoms with Crippen LogP contribution >= 0.6 is 0 Å². The van der Waals surface area contributed by atoms with E-state index in [2.05, 4.69) is 4.68 Å². The summed E-state index contributed by atoms with van der Waals surface area (Å²) in [6, 6.07) is 16.3. The number of benzene rings is 2. The minimum atomic E-state index is -0.220. The number of nitrogens with zero attached hydrogens (tertiary/aromatic N) is 3. The summed E-state index contributed by atoms with van der Waals surface area (Å²) in [5.41, 5.74) is 5.38. The zero-order valence-corrected chi connectivity index (χ0v) is 16.8. The van der Waals surface area contributed by atoms with Crippen molar-refractivity contribution in [2.45, 2.75) is 31.7 Å². The van der Waals surface area contributed by atoms with Crippen molar-refractivity contribution in [3.8, 4) is 11.3 Å². The molecule has 0 radical (unpaired) electrons. The smallest absolute Gasteiger partial charge is 0.253 e. The van der Waals surface area contributed by atoms with Crippen molar-refractivity contribution in [2.75, 3.05) is 13.1 Å². The maximum Gasteiger partial charge on any atom is 0.253 e. The zero-order chi connectivity index (χ0) is 20.2. The number of halogens is 1. The van der Waals surface area contributed by atoms with Gasteiger partial charge in [-0.2, -0.15) is 5.10 Å². The summed E-state index contributed by atoms with van der Waals surface area (Å²) in [6.45, 7) is 2.44. The van der Waals surface area contributed by atoms with Gasteiger partial charge in [0.1, 0.15) is 5.82 Å². The van der Waals surface area contributed by atoms with Gasteiger partial charge in [-0.05, 0) is 67.5 Å². The quantitative estimate of drug-likeness (QED) is 0.645. The number of amides is 1. The second kappa shape index (κ2) is 6.79. The summed E-state index contributed by atoms with van der Waals surface area (Å²) in [4.78, 5) is 15.0. The van der Waals surface area contributed by atoms with E-state index in [0.29, 0.717) is 17.8 Å². The first-order valence-corrected chi connectivity index (χ1v) is 10.9. The van der Waals surface area contributed by atoms with Crippen LogP contribution in [0.4, 0.5) is 4.39 Å². The second-order valence-corrected chi connectivity index (χ2v) is 8.99. The number of carbonyl (C=O) groups is 1. The molecule has 1 aromatic heterocycles. The van der Waals surface area contributed by atoms with E-state index in [-0.39, 0.29) is 11.7 Å². The largest absolute Gasteiger partial charge is 0.338 e. The van der Waals surface area contributed by atoms with Crippen LogP contribution in [0.25, 0.3) is 11.3 Å². The Bertz CT molecular complexity index is 1100. The van der Waals surface area contributed by atoms with Crippen molar-refractivity contribution in [1.82, 2.24) is 14.7 Å². The van der Waals surface area contributed by atoms with Gasteiger partial charge in [0.15, 0.2) is 0 Å². The number of fused-ring (bicyclic) bond motifs is 3. The lowest BCUT2D eigenvalue weighted by Gasteiger charge is -2.17. The summed E-state index contributed by atoms with van der Waals surface area (Å²) in [7, 11) is 0. The van der Waals surface area contributed by atoms with Crippen LogP contribution in [0.3, 0.4) is 0 Å². The third-order valence-electron chi connectivity index (χ3n) is 6.89. The van der Waals surface area contributed by atoms with Gasteiger partial charge in [0.2, 0.25) is 0 Å². The Morgan fingerprint density at radius 3 is 2.53 bits per heavy atom. The van der Waals surface area contributed by atoms with E-state index < -0.39 is 0 Å². The molecule has 1 aliphatic heterocycles. The molecule has 0 bridgehead atoms.